The molecule has 1 N–H and O–H groups in total. The van der Waals surface area contributed by atoms with Gasteiger partial charge in [-0.05, 0) is 11.8 Å². The Morgan fingerprint density at radius 3 is 2.05 bits per heavy atom. The van der Waals surface area contributed by atoms with Gasteiger partial charge in [0.1, 0.15) is 5.82 Å². The Morgan fingerprint density at radius 1 is 1.14 bits per heavy atom. The molecule has 0 amide bonds. The summed E-state index contributed by atoms with van der Waals surface area (Å²) in [5.74, 6) is 0.572. The summed E-state index contributed by atoms with van der Waals surface area (Å²) in [6, 6.07) is 0. The number of carboxylic acids is 1. The SMILES string of the molecule is CC(C)CN(CC(C)C)c1cnc(C(C)C)nc1C(=O)O. The first kappa shape index (κ1) is 17.4. The molecule has 0 aliphatic rings. The van der Waals surface area contributed by atoms with Crippen molar-refractivity contribution in [2.75, 3.05) is 18.0 Å². The lowest BCUT2D eigenvalue weighted by atomic mass is 10.1. The first-order valence-corrected chi connectivity index (χ1v) is 7.57. The van der Waals surface area contributed by atoms with Gasteiger partial charge in [0.25, 0.3) is 0 Å². The Kier molecular flexibility index (Phi) is 6.12. The van der Waals surface area contributed by atoms with Crippen LogP contribution in [0.2, 0.25) is 0 Å². The Balaban J connectivity index is 3.25. The second kappa shape index (κ2) is 7.38. The maximum Gasteiger partial charge on any atom is 0.356 e. The Hall–Kier alpha value is -1.65. The van der Waals surface area contributed by atoms with Gasteiger partial charge in [0.2, 0.25) is 0 Å². The number of hydrogen-bond donors (Lipinski definition) is 1. The van der Waals surface area contributed by atoms with Crippen LogP contribution in [0, 0.1) is 11.8 Å². The maximum absolute atomic E-state index is 11.6. The molecule has 1 heterocycles. The van der Waals surface area contributed by atoms with E-state index in [1.54, 1.807) is 6.20 Å². The van der Waals surface area contributed by atoms with Crippen molar-refractivity contribution in [1.29, 1.82) is 0 Å². The standard InChI is InChI=1S/C16H27N3O2/c1-10(2)8-19(9-11(3)4)13-7-17-15(12(5)6)18-14(13)16(20)21/h7,10-12H,8-9H2,1-6H3,(H,20,21). The fourth-order valence-corrected chi connectivity index (χ4v) is 2.21. The molecule has 21 heavy (non-hydrogen) atoms. The molecule has 0 aliphatic carbocycles. The average molecular weight is 293 g/mol. The zero-order valence-electron chi connectivity index (χ0n) is 13.9. The van der Waals surface area contributed by atoms with Crippen molar-refractivity contribution in [2.45, 2.75) is 47.5 Å². The lowest BCUT2D eigenvalue weighted by Gasteiger charge is -2.29. The predicted molar refractivity (Wildman–Crippen MR) is 85.0 cm³/mol. The van der Waals surface area contributed by atoms with Crippen molar-refractivity contribution in [3.05, 3.63) is 17.7 Å². The summed E-state index contributed by atoms with van der Waals surface area (Å²) in [6.07, 6.45) is 1.66. The van der Waals surface area contributed by atoms with Crippen molar-refractivity contribution in [2.24, 2.45) is 11.8 Å². The van der Waals surface area contributed by atoms with Crippen LogP contribution in [-0.2, 0) is 0 Å². The number of hydrogen-bond acceptors (Lipinski definition) is 4. The molecule has 0 unspecified atom stereocenters. The largest absolute Gasteiger partial charge is 0.476 e. The van der Waals surface area contributed by atoms with Crippen LogP contribution in [-0.4, -0.2) is 34.1 Å². The zero-order valence-corrected chi connectivity index (χ0v) is 13.9. The molecular formula is C16H27N3O2. The number of carboxylic acid groups (broad SMARTS) is 1. The monoisotopic (exact) mass is 293 g/mol. The lowest BCUT2D eigenvalue weighted by molar-refractivity contribution is 0.0690. The van der Waals surface area contributed by atoms with E-state index < -0.39 is 5.97 Å². The van der Waals surface area contributed by atoms with Crippen LogP contribution in [0.5, 0.6) is 0 Å². The molecule has 5 heteroatoms. The van der Waals surface area contributed by atoms with Crippen LogP contribution in [0.3, 0.4) is 0 Å². The molecular weight excluding hydrogens is 266 g/mol. The second-order valence-electron chi connectivity index (χ2n) is 6.61. The molecule has 0 aromatic carbocycles. The van der Waals surface area contributed by atoms with Crippen molar-refractivity contribution >= 4 is 11.7 Å². The minimum absolute atomic E-state index is 0.106. The van der Waals surface area contributed by atoms with E-state index in [9.17, 15) is 9.90 Å². The fraction of sp³-hybridized carbons (Fsp3) is 0.688. The van der Waals surface area contributed by atoms with E-state index in [0.29, 0.717) is 23.3 Å². The van der Waals surface area contributed by atoms with Gasteiger partial charge >= 0.3 is 5.97 Å². The highest BCUT2D eigenvalue weighted by atomic mass is 16.4. The molecule has 0 saturated heterocycles. The molecule has 1 rings (SSSR count). The number of nitrogens with zero attached hydrogens (tertiary/aromatic N) is 3. The summed E-state index contributed by atoms with van der Waals surface area (Å²) in [5, 5.41) is 9.47. The van der Waals surface area contributed by atoms with E-state index in [0.717, 1.165) is 13.1 Å². The summed E-state index contributed by atoms with van der Waals surface area (Å²) in [4.78, 5) is 22.2. The van der Waals surface area contributed by atoms with Crippen LogP contribution in [0.4, 0.5) is 5.69 Å². The van der Waals surface area contributed by atoms with Gasteiger partial charge in [-0.2, -0.15) is 0 Å². The number of carbonyl (C=O) groups is 1. The minimum atomic E-state index is -0.994. The molecule has 0 aliphatic heterocycles. The lowest BCUT2D eigenvalue weighted by Crippen LogP contribution is -2.33. The maximum atomic E-state index is 11.6. The van der Waals surface area contributed by atoms with Gasteiger partial charge in [0.15, 0.2) is 5.69 Å². The summed E-state index contributed by atoms with van der Waals surface area (Å²) < 4.78 is 0. The second-order valence-corrected chi connectivity index (χ2v) is 6.61. The molecule has 118 valence electrons. The van der Waals surface area contributed by atoms with E-state index in [2.05, 4.69) is 42.6 Å². The van der Waals surface area contributed by atoms with Gasteiger partial charge in [-0.25, -0.2) is 14.8 Å². The third kappa shape index (κ3) is 4.99. The number of anilines is 1. The Labute approximate surface area is 127 Å². The third-order valence-electron chi connectivity index (χ3n) is 3.02. The molecule has 5 nitrogen and oxygen atoms in total. The first-order chi connectivity index (χ1) is 9.72. The van der Waals surface area contributed by atoms with Crippen molar-refractivity contribution in [3.63, 3.8) is 0 Å². The highest BCUT2D eigenvalue weighted by Gasteiger charge is 2.21. The fourth-order valence-electron chi connectivity index (χ4n) is 2.21. The molecule has 1 aromatic rings. The van der Waals surface area contributed by atoms with E-state index >= 15 is 0 Å². The van der Waals surface area contributed by atoms with Crippen LogP contribution in [0.25, 0.3) is 0 Å². The molecule has 1 aromatic heterocycles. The van der Waals surface area contributed by atoms with Gasteiger partial charge < -0.3 is 10.0 Å². The molecule has 0 radical (unpaired) electrons. The van der Waals surface area contributed by atoms with E-state index in [4.69, 9.17) is 0 Å². The average Bonchev–Trinajstić information content (AvgIpc) is 2.35. The summed E-state index contributed by atoms with van der Waals surface area (Å²) >= 11 is 0. The summed E-state index contributed by atoms with van der Waals surface area (Å²) in [6.45, 7) is 14.0. The quantitative estimate of drug-likeness (QED) is 0.834. The van der Waals surface area contributed by atoms with Crippen LogP contribution in [0.1, 0.15) is 63.8 Å². The van der Waals surface area contributed by atoms with Gasteiger partial charge in [0.05, 0.1) is 11.9 Å². The van der Waals surface area contributed by atoms with E-state index in [1.807, 2.05) is 13.8 Å². The third-order valence-corrected chi connectivity index (χ3v) is 3.02. The zero-order chi connectivity index (χ0) is 16.2. The van der Waals surface area contributed by atoms with Gasteiger partial charge in [0, 0.05) is 19.0 Å². The molecule has 0 atom stereocenters. The van der Waals surface area contributed by atoms with Crippen molar-refractivity contribution in [3.8, 4) is 0 Å². The topological polar surface area (TPSA) is 66.3 Å². The number of rotatable bonds is 7. The van der Waals surface area contributed by atoms with Crippen molar-refractivity contribution < 1.29 is 9.90 Å². The predicted octanol–water partition coefficient (Wildman–Crippen LogP) is 3.42. The van der Waals surface area contributed by atoms with Crippen LogP contribution < -0.4 is 4.90 Å². The molecule has 0 fully saturated rings. The summed E-state index contributed by atoms with van der Waals surface area (Å²) in [7, 11) is 0. The van der Waals surface area contributed by atoms with Crippen LogP contribution in [0.15, 0.2) is 6.20 Å². The normalized spacial score (nSPS) is 11.5. The van der Waals surface area contributed by atoms with Gasteiger partial charge in [-0.1, -0.05) is 41.5 Å². The summed E-state index contributed by atoms with van der Waals surface area (Å²) in [5.41, 5.74) is 0.726. The van der Waals surface area contributed by atoms with E-state index in [1.165, 1.54) is 0 Å². The Bertz CT molecular complexity index is 474. The number of aromatic carboxylic acids is 1. The van der Waals surface area contributed by atoms with Gasteiger partial charge in [-0.15, -0.1) is 0 Å². The number of aromatic nitrogens is 2. The molecule has 0 saturated carbocycles. The minimum Gasteiger partial charge on any atom is -0.476 e. The highest BCUT2D eigenvalue weighted by molar-refractivity contribution is 5.92. The molecule has 0 bridgehead atoms. The van der Waals surface area contributed by atoms with Gasteiger partial charge in [-0.3, -0.25) is 0 Å². The van der Waals surface area contributed by atoms with Crippen LogP contribution >= 0.6 is 0 Å². The Morgan fingerprint density at radius 2 is 1.67 bits per heavy atom. The first-order valence-electron chi connectivity index (χ1n) is 7.57. The molecule has 0 spiro atoms. The van der Waals surface area contributed by atoms with E-state index in [-0.39, 0.29) is 11.6 Å². The van der Waals surface area contributed by atoms with Crippen molar-refractivity contribution in [1.82, 2.24) is 9.97 Å². The smallest absolute Gasteiger partial charge is 0.356 e. The highest BCUT2D eigenvalue weighted by Crippen LogP contribution is 2.22.